The molecule has 0 radical (unpaired) electrons. The molecule has 0 unspecified atom stereocenters. The Balaban J connectivity index is 0.00000196. The van der Waals surface area contributed by atoms with Gasteiger partial charge in [-0.15, -0.1) is 19.0 Å². The number of hydrogen-bond acceptors (Lipinski definition) is 1. The lowest BCUT2D eigenvalue weighted by Gasteiger charge is -2.11. The lowest BCUT2D eigenvalue weighted by atomic mass is 10.0. The fourth-order valence-electron chi connectivity index (χ4n) is 1.18. The molecule has 84 valence electrons. The average molecular weight is 238 g/mol. The molecule has 0 fully saturated rings. The molecular formula is C10H11ClF3N. The summed E-state index contributed by atoms with van der Waals surface area (Å²) < 4.78 is 38.9. The SMILES string of the molecule is C=CC[C@@H](N)c1c(F)ccc(F)c1F.Cl. The zero-order valence-corrected chi connectivity index (χ0v) is 8.66. The Morgan fingerprint density at radius 3 is 2.33 bits per heavy atom. The number of nitrogens with two attached hydrogens (primary N) is 1. The minimum absolute atomic E-state index is 0. The van der Waals surface area contributed by atoms with Gasteiger partial charge < -0.3 is 5.73 Å². The summed E-state index contributed by atoms with van der Waals surface area (Å²) in [7, 11) is 0. The van der Waals surface area contributed by atoms with Gasteiger partial charge in [0.05, 0.1) is 0 Å². The third kappa shape index (κ3) is 2.97. The van der Waals surface area contributed by atoms with Gasteiger partial charge in [0.25, 0.3) is 0 Å². The Morgan fingerprint density at radius 2 is 1.80 bits per heavy atom. The molecule has 1 atom stereocenters. The van der Waals surface area contributed by atoms with Gasteiger partial charge in [-0.1, -0.05) is 6.08 Å². The van der Waals surface area contributed by atoms with E-state index in [0.717, 1.165) is 12.1 Å². The van der Waals surface area contributed by atoms with E-state index in [1.54, 1.807) is 0 Å². The van der Waals surface area contributed by atoms with Crippen molar-refractivity contribution in [3.05, 3.63) is 47.8 Å². The molecule has 1 aromatic rings. The van der Waals surface area contributed by atoms with Crippen LogP contribution in [-0.4, -0.2) is 0 Å². The smallest absolute Gasteiger partial charge is 0.166 e. The maximum absolute atomic E-state index is 13.1. The Labute approximate surface area is 92.2 Å². The highest BCUT2D eigenvalue weighted by Gasteiger charge is 2.18. The topological polar surface area (TPSA) is 26.0 Å². The molecule has 15 heavy (non-hydrogen) atoms. The highest BCUT2D eigenvalue weighted by molar-refractivity contribution is 5.85. The molecule has 0 saturated heterocycles. The maximum atomic E-state index is 13.1. The van der Waals surface area contributed by atoms with E-state index in [1.165, 1.54) is 6.08 Å². The van der Waals surface area contributed by atoms with Crippen molar-refractivity contribution in [1.82, 2.24) is 0 Å². The van der Waals surface area contributed by atoms with Gasteiger partial charge >= 0.3 is 0 Å². The van der Waals surface area contributed by atoms with E-state index < -0.39 is 29.1 Å². The molecule has 0 spiro atoms. The van der Waals surface area contributed by atoms with Crippen molar-refractivity contribution in [2.45, 2.75) is 12.5 Å². The molecule has 2 N–H and O–H groups in total. The number of rotatable bonds is 3. The van der Waals surface area contributed by atoms with E-state index in [1.807, 2.05) is 0 Å². The molecule has 0 aliphatic heterocycles. The van der Waals surface area contributed by atoms with Crippen LogP contribution in [0.1, 0.15) is 18.0 Å². The van der Waals surface area contributed by atoms with Gasteiger partial charge in [0, 0.05) is 11.6 Å². The molecule has 0 aliphatic rings. The summed E-state index contributed by atoms with van der Waals surface area (Å²) in [6.07, 6.45) is 1.62. The molecule has 0 saturated carbocycles. The Kier molecular flexibility index (Phi) is 5.39. The predicted molar refractivity (Wildman–Crippen MR) is 55.3 cm³/mol. The first-order chi connectivity index (χ1) is 6.57. The maximum Gasteiger partial charge on any atom is 0.166 e. The monoisotopic (exact) mass is 237 g/mol. The minimum Gasteiger partial charge on any atom is -0.324 e. The first-order valence-electron chi connectivity index (χ1n) is 4.07. The zero-order valence-electron chi connectivity index (χ0n) is 7.84. The molecule has 0 amide bonds. The van der Waals surface area contributed by atoms with Gasteiger partial charge in [0.15, 0.2) is 11.6 Å². The first kappa shape index (κ1) is 14.0. The van der Waals surface area contributed by atoms with Crippen LogP contribution in [0.3, 0.4) is 0 Å². The quantitative estimate of drug-likeness (QED) is 0.635. The van der Waals surface area contributed by atoms with Crippen LogP contribution in [-0.2, 0) is 0 Å². The van der Waals surface area contributed by atoms with Crippen molar-refractivity contribution in [2.24, 2.45) is 5.73 Å². The Morgan fingerprint density at radius 1 is 1.27 bits per heavy atom. The van der Waals surface area contributed by atoms with Crippen molar-refractivity contribution in [1.29, 1.82) is 0 Å². The van der Waals surface area contributed by atoms with Crippen LogP contribution in [0, 0.1) is 17.5 Å². The summed E-state index contributed by atoms with van der Waals surface area (Å²) in [6.45, 7) is 3.39. The Hall–Kier alpha value is -1.00. The fourth-order valence-corrected chi connectivity index (χ4v) is 1.18. The molecule has 0 aromatic heterocycles. The summed E-state index contributed by atoms with van der Waals surface area (Å²) in [5.74, 6) is -3.15. The third-order valence-corrected chi connectivity index (χ3v) is 1.87. The van der Waals surface area contributed by atoms with Crippen LogP contribution < -0.4 is 5.73 Å². The van der Waals surface area contributed by atoms with E-state index in [2.05, 4.69) is 6.58 Å². The lowest BCUT2D eigenvalue weighted by molar-refractivity contribution is 0.465. The van der Waals surface area contributed by atoms with Crippen molar-refractivity contribution in [3.8, 4) is 0 Å². The summed E-state index contributed by atoms with van der Waals surface area (Å²) in [5.41, 5.74) is 5.03. The number of benzene rings is 1. The molecule has 0 bridgehead atoms. The summed E-state index contributed by atoms with van der Waals surface area (Å²) in [4.78, 5) is 0. The van der Waals surface area contributed by atoms with Crippen LogP contribution in [0.5, 0.6) is 0 Å². The van der Waals surface area contributed by atoms with Crippen LogP contribution in [0.25, 0.3) is 0 Å². The van der Waals surface area contributed by atoms with Crippen LogP contribution in [0.4, 0.5) is 13.2 Å². The molecule has 0 aliphatic carbocycles. The normalized spacial score (nSPS) is 11.7. The van der Waals surface area contributed by atoms with E-state index in [0.29, 0.717) is 0 Å². The standard InChI is InChI=1S/C10H10F3N.ClH/c1-2-3-8(14)9-6(11)4-5-7(12)10(9)13;/h2,4-5,8H,1,3,14H2;1H/t8-;/m1./s1. The molecule has 1 nitrogen and oxygen atoms in total. The first-order valence-corrected chi connectivity index (χ1v) is 4.07. The van der Waals surface area contributed by atoms with Crippen molar-refractivity contribution < 1.29 is 13.2 Å². The van der Waals surface area contributed by atoms with Crippen LogP contribution >= 0.6 is 12.4 Å². The summed E-state index contributed by atoms with van der Waals surface area (Å²) >= 11 is 0. The van der Waals surface area contributed by atoms with E-state index >= 15 is 0 Å². The zero-order chi connectivity index (χ0) is 10.7. The summed E-state index contributed by atoms with van der Waals surface area (Å²) in [6, 6.07) is 0.689. The van der Waals surface area contributed by atoms with Crippen LogP contribution in [0.2, 0.25) is 0 Å². The van der Waals surface area contributed by atoms with Gasteiger partial charge in [0.2, 0.25) is 0 Å². The second-order valence-electron chi connectivity index (χ2n) is 2.89. The minimum atomic E-state index is -1.22. The molecule has 1 aromatic carbocycles. The highest BCUT2D eigenvalue weighted by atomic mass is 35.5. The van der Waals surface area contributed by atoms with Gasteiger partial charge in [-0.2, -0.15) is 0 Å². The van der Waals surface area contributed by atoms with Gasteiger partial charge in [-0.05, 0) is 18.6 Å². The fraction of sp³-hybridized carbons (Fsp3) is 0.200. The van der Waals surface area contributed by atoms with Crippen molar-refractivity contribution >= 4 is 12.4 Å². The second kappa shape index (κ2) is 5.78. The van der Waals surface area contributed by atoms with E-state index in [-0.39, 0.29) is 18.8 Å². The molecular weight excluding hydrogens is 227 g/mol. The summed E-state index contributed by atoms with van der Waals surface area (Å²) in [5, 5.41) is 0. The van der Waals surface area contributed by atoms with Gasteiger partial charge in [-0.25, -0.2) is 13.2 Å². The Bertz CT molecular complexity index is 355. The second-order valence-corrected chi connectivity index (χ2v) is 2.89. The molecule has 0 heterocycles. The van der Waals surface area contributed by atoms with E-state index in [9.17, 15) is 13.2 Å². The van der Waals surface area contributed by atoms with E-state index in [4.69, 9.17) is 5.73 Å². The van der Waals surface area contributed by atoms with Gasteiger partial charge in [-0.3, -0.25) is 0 Å². The number of halogens is 4. The highest BCUT2D eigenvalue weighted by Crippen LogP contribution is 2.23. The molecule has 1 rings (SSSR count). The van der Waals surface area contributed by atoms with Crippen molar-refractivity contribution in [3.63, 3.8) is 0 Å². The lowest BCUT2D eigenvalue weighted by Crippen LogP contribution is -2.14. The van der Waals surface area contributed by atoms with Gasteiger partial charge in [0.1, 0.15) is 5.82 Å². The third-order valence-electron chi connectivity index (χ3n) is 1.87. The average Bonchev–Trinajstić information content (AvgIpc) is 2.13. The van der Waals surface area contributed by atoms with Crippen molar-refractivity contribution in [2.75, 3.05) is 0 Å². The predicted octanol–water partition coefficient (Wildman–Crippen LogP) is 3.10. The van der Waals surface area contributed by atoms with Crippen LogP contribution in [0.15, 0.2) is 24.8 Å². The largest absolute Gasteiger partial charge is 0.324 e. The number of hydrogen-bond donors (Lipinski definition) is 1. The molecule has 5 heteroatoms.